The Morgan fingerprint density at radius 2 is 2.00 bits per heavy atom. The molecule has 0 unspecified atom stereocenters. The number of hydrogen-bond acceptors (Lipinski definition) is 4. The van der Waals surface area contributed by atoms with Crippen LogP contribution in [0.25, 0.3) is 0 Å². The van der Waals surface area contributed by atoms with E-state index in [0.29, 0.717) is 36.4 Å². The second kappa shape index (κ2) is 5.56. The van der Waals surface area contributed by atoms with E-state index in [1.54, 1.807) is 25.3 Å². The summed E-state index contributed by atoms with van der Waals surface area (Å²) in [6.07, 6.45) is 0. The zero-order chi connectivity index (χ0) is 13.2. The third-order valence-corrected chi connectivity index (χ3v) is 5.35. The molecule has 2 rings (SSSR count). The van der Waals surface area contributed by atoms with Crippen molar-refractivity contribution < 1.29 is 13.2 Å². The summed E-state index contributed by atoms with van der Waals surface area (Å²) in [4.78, 5) is 0.289. The molecule has 1 aromatic carbocycles. The van der Waals surface area contributed by atoms with Crippen molar-refractivity contribution in [2.24, 2.45) is 0 Å². The van der Waals surface area contributed by atoms with E-state index in [4.69, 9.17) is 4.74 Å². The van der Waals surface area contributed by atoms with Crippen molar-refractivity contribution in [1.29, 1.82) is 0 Å². The molecule has 0 radical (unpaired) electrons. The van der Waals surface area contributed by atoms with Gasteiger partial charge < -0.3 is 10.1 Å². The minimum atomic E-state index is -3.40. The maximum absolute atomic E-state index is 12.4. The van der Waals surface area contributed by atoms with Gasteiger partial charge in [0.2, 0.25) is 10.0 Å². The van der Waals surface area contributed by atoms with E-state index in [9.17, 15) is 8.42 Å². The second-order valence-corrected chi connectivity index (χ2v) is 6.74. The van der Waals surface area contributed by atoms with Gasteiger partial charge in [0.25, 0.3) is 0 Å². The van der Waals surface area contributed by atoms with Gasteiger partial charge in [0, 0.05) is 26.2 Å². The molecule has 0 amide bonds. The number of nitrogens with one attached hydrogen (secondary N) is 1. The van der Waals surface area contributed by atoms with Crippen molar-refractivity contribution in [1.82, 2.24) is 9.62 Å². The molecule has 1 fully saturated rings. The first kappa shape index (κ1) is 13.8. The largest absolute Gasteiger partial charge is 0.496 e. The Hall–Kier alpha value is -0.630. The first-order chi connectivity index (χ1) is 8.55. The lowest BCUT2D eigenvalue weighted by molar-refractivity contribution is 0.360. The number of piperazine rings is 1. The average Bonchev–Trinajstić information content (AvgIpc) is 2.39. The van der Waals surface area contributed by atoms with Gasteiger partial charge >= 0.3 is 0 Å². The first-order valence-electron chi connectivity index (χ1n) is 5.60. The number of benzene rings is 1. The molecule has 1 aromatic rings. The molecule has 1 saturated heterocycles. The van der Waals surface area contributed by atoms with E-state index in [-0.39, 0.29) is 4.90 Å². The van der Waals surface area contributed by atoms with Gasteiger partial charge in [0.15, 0.2) is 0 Å². The topological polar surface area (TPSA) is 58.6 Å². The third-order valence-electron chi connectivity index (χ3n) is 2.84. The van der Waals surface area contributed by atoms with Gasteiger partial charge in [0.05, 0.1) is 16.5 Å². The van der Waals surface area contributed by atoms with E-state index in [1.165, 1.54) is 4.31 Å². The Labute approximate surface area is 115 Å². The average molecular weight is 335 g/mol. The standard InChI is InChI=1S/C11H15BrN2O3S/c1-17-11-3-2-9(8-10(11)12)18(15,16)14-6-4-13-5-7-14/h2-3,8,13H,4-7H2,1H3. The fourth-order valence-electron chi connectivity index (χ4n) is 1.84. The molecule has 0 aliphatic carbocycles. The van der Waals surface area contributed by atoms with Gasteiger partial charge in [-0.15, -0.1) is 0 Å². The van der Waals surface area contributed by atoms with Crippen LogP contribution in [-0.4, -0.2) is 46.0 Å². The van der Waals surface area contributed by atoms with Crippen LogP contribution in [0.5, 0.6) is 5.75 Å². The highest BCUT2D eigenvalue weighted by molar-refractivity contribution is 9.10. The number of sulfonamides is 1. The molecule has 0 aromatic heterocycles. The van der Waals surface area contributed by atoms with Crippen LogP contribution in [0.2, 0.25) is 0 Å². The SMILES string of the molecule is COc1ccc(S(=O)(=O)N2CCNCC2)cc1Br. The maximum atomic E-state index is 12.4. The highest BCUT2D eigenvalue weighted by Crippen LogP contribution is 2.28. The second-order valence-electron chi connectivity index (χ2n) is 3.95. The van der Waals surface area contributed by atoms with E-state index in [0.717, 1.165) is 0 Å². The Bertz CT molecular complexity index is 527. The zero-order valence-corrected chi connectivity index (χ0v) is 12.4. The first-order valence-corrected chi connectivity index (χ1v) is 7.83. The van der Waals surface area contributed by atoms with Crippen molar-refractivity contribution in [2.45, 2.75) is 4.90 Å². The van der Waals surface area contributed by atoms with Crippen LogP contribution in [0, 0.1) is 0 Å². The minimum Gasteiger partial charge on any atom is -0.496 e. The Morgan fingerprint density at radius 3 is 2.56 bits per heavy atom. The maximum Gasteiger partial charge on any atom is 0.243 e. The van der Waals surface area contributed by atoms with Gasteiger partial charge in [0.1, 0.15) is 5.75 Å². The van der Waals surface area contributed by atoms with Crippen molar-refractivity contribution in [2.75, 3.05) is 33.3 Å². The van der Waals surface area contributed by atoms with Crippen LogP contribution in [0.1, 0.15) is 0 Å². The molecule has 0 spiro atoms. The normalized spacial score (nSPS) is 17.7. The predicted octanol–water partition coefficient (Wildman–Crippen LogP) is 1.05. The van der Waals surface area contributed by atoms with Crippen LogP contribution in [-0.2, 0) is 10.0 Å². The summed E-state index contributed by atoms with van der Waals surface area (Å²) in [5, 5.41) is 3.13. The fourth-order valence-corrected chi connectivity index (χ4v) is 4.00. The van der Waals surface area contributed by atoms with Crippen molar-refractivity contribution in [3.63, 3.8) is 0 Å². The summed E-state index contributed by atoms with van der Waals surface area (Å²) in [5.74, 6) is 0.620. The zero-order valence-electron chi connectivity index (χ0n) is 10.0. The molecule has 1 aliphatic heterocycles. The van der Waals surface area contributed by atoms with Crippen LogP contribution >= 0.6 is 15.9 Å². The van der Waals surface area contributed by atoms with Gasteiger partial charge in [-0.2, -0.15) is 4.31 Å². The van der Waals surface area contributed by atoms with Crippen LogP contribution < -0.4 is 10.1 Å². The smallest absolute Gasteiger partial charge is 0.243 e. The van der Waals surface area contributed by atoms with Crippen LogP contribution in [0.15, 0.2) is 27.6 Å². The molecular formula is C11H15BrN2O3S. The Balaban J connectivity index is 2.32. The lowest BCUT2D eigenvalue weighted by atomic mass is 10.3. The van der Waals surface area contributed by atoms with E-state index in [2.05, 4.69) is 21.2 Å². The number of ether oxygens (including phenoxy) is 1. The fraction of sp³-hybridized carbons (Fsp3) is 0.455. The quantitative estimate of drug-likeness (QED) is 0.897. The summed E-state index contributed by atoms with van der Waals surface area (Å²) in [7, 11) is -1.86. The van der Waals surface area contributed by atoms with Gasteiger partial charge in [-0.1, -0.05) is 0 Å². The molecule has 0 bridgehead atoms. The number of halogens is 1. The molecule has 5 nitrogen and oxygen atoms in total. The van der Waals surface area contributed by atoms with E-state index in [1.807, 2.05) is 0 Å². The summed E-state index contributed by atoms with van der Waals surface area (Å²) in [6, 6.07) is 4.80. The molecule has 18 heavy (non-hydrogen) atoms. The molecule has 100 valence electrons. The van der Waals surface area contributed by atoms with Gasteiger partial charge in [-0.3, -0.25) is 0 Å². The summed E-state index contributed by atoms with van der Waals surface area (Å²) >= 11 is 3.30. The lowest BCUT2D eigenvalue weighted by Gasteiger charge is -2.26. The van der Waals surface area contributed by atoms with Gasteiger partial charge in [-0.05, 0) is 34.1 Å². The number of methoxy groups -OCH3 is 1. The van der Waals surface area contributed by atoms with Crippen LogP contribution in [0.3, 0.4) is 0 Å². The van der Waals surface area contributed by atoms with Crippen molar-refractivity contribution >= 4 is 26.0 Å². The Morgan fingerprint density at radius 1 is 1.33 bits per heavy atom. The van der Waals surface area contributed by atoms with E-state index < -0.39 is 10.0 Å². The molecule has 1 aliphatic rings. The summed E-state index contributed by atoms with van der Waals surface area (Å²) in [6.45, 7) is 2.39. The Kier molecular flexibility index (Phi) is 4.26. The van der Waals surface area contributed by atoms with E-state index >= 15 is 0 Å². The summed E-state index contributed by atoms with van der Waals surface area (Å²) < 4.78 is 32.0. The van der Waals surface area contributed by atoms with Crippen LogP contribution in [0.4, 0.5) is 0 Å². The van der Waals surface area contributed by atoms with Gasteiger partial charge in [-0.25, -0.2) is 8.42 Å². The molecule has 7 heteroatoms. The molecule has 1 heterocycles. The molecule has 1 N–H and O–H groups in total. The number of nitrogens with zero attached hydrogens (tertiary/aromatic N) is 1. The predicted molar refractivity (Wildman–Crippen MR) is 72.3 cm³/mol. The number of rotatable bonds is 3. The third kappa shape index (κ3) is 2.69. The molecular weight excluding hydrogens is 320 g/mol. The number of hydrogen-bond donors (Lipinski definition) is 1. The highest BCUT2D eigenvalue weighted by Gasteiger charge is 2.26. The monoisotopic (exact) mass is 334 g/mol. The lowest BCUT2D eigenvalue weighted by Crippen LogP contribution is -2.46. The summed E-state index contributed by atoms with van der Waals surface area (Å²) in [5.41, 5.74) is 0. The molecule has 0 atom stereocenters. The van der Waals surface area contributed by atoms with Crippen molar-refractivity contribution in [3.8, 4) is 5.75 Å². The van der Waals surface area contributed by atoms with Crippen molar-refractivity contribution in [3.05, 3.63) is 22.7 Å². The highest BCUT2D eigenvalue weighted by atomic mass is 79.9. The molecule has 0 saturated carbocycles. The minimum absolute atomic E-state index is 0.289.